The fourth-order valence-corrected chi connectivity index (χ4v) is 6.73. The van der Waals surface area contributed by atoms with Gasteiger partial charge < -0.3 is 24.6 Å². The molecule has 0 atom stereocenters. The molecule has 0 saturated carbocycles. The molecule has 0 amide bonds. The van der Waals surface area contributed by atoms with Crippen molar-refractivity contribution in [2.45, 2.75) is 12.8 Å². The molecule has 6 aromatic carbocycles. The Morgan fingerprint density at radius 2 is 0.962 bits per heavy atom. The number of nitrogens with zero attached hydrogens (tertiary/aromatic N) is 5. The SMILES string of the molecule is [Ir].[c-]1ccccc1-c1ncccc1-c1ccccc1.[c-]1ccccc1N1[CH-]N(CCCCN2[CH-]N(c3[c-]cccc3)c3ccccc32)c2ccccc21. The Labute approximate surface area is 327 Å². The predicted octanol–water partition coefficient (Wildman–Crippen LogP) is 11.1. The molecule has 1 radical (unpaired) electrons. The van der Waals surface area contributed by atoms with E-state index in [9.17, 15) is 0 Å². The van der Waals surface area contributed by atoms with Crippen molar-refractivity contribution in [1.82, 2.24) is 4.98 Å². The van der Waals surface area contributed by atoms with Gasteiger partial charge in [-0.25, -0.2) is 0 Å². The van der Waals surface area contributed by atoms with Gasteiger partial charge in [-0.1, -0.05) is 60.7 Å². The summed E-state index contributed by atoms with van der Waals surface area (Å²) >= 11 is 0. The fourth-order valence-electron chi connectivity index (χ4n) is 6.73. The van der Waals surface area contributed by atoms with Crippen molar-refractivity contribution >= 4 is 34.1 Å². The van der Waals surface area contributed by atoms with Crippen LogP contribution in [0.25, 0.3) is 22.4 Å². The van der Waals surface area contributed by atoms with Crippen LogP contribution in [0.15, 0.2) is 170 Å². The summed E-state index contributed by atoms with van der Waals surface area (Å²) in [7, 11) is 0. The Morgan fingerprint density at radius 1 is 0.472 bits per heavy atom. The molecule has 0 saturated heterocycles. The first kappa shape index (κ1) is 35.7. The van der Waals surface area contributed by atoms with E-state index < -0.39 is 0 Å². The molecule has 53 heavy (non-hydrogen) atoms. The Morgan fingerprint density at radius 3 is 1.47 bits per heavy atom. The molecule has 0 aliphatic carbocycles. The van der Waals surface area contributed by atoms with Crippen molar-refractivity contribution in [3.63, 3.8) is 0 Å². The molecule has 2 aliphatic rings. The van der Waals surface area contributed by atoms with Gasteiger partial charge in [-0.3, -0.25) is 0 Å². The zero-order valence-electron chi connectivity index (χ0n) is 29.2. The summed E-state index contributed by atoms with van der Waals surface area (Å²) in [5.74, 6) is 0. The molecular formula is C47H38IrN5-5. The summed E-state index contributed by atoms with van der Waals surface area (Å²) < 4.78 is 0. The van der Waals surface area contributed by atoms with E-state index in [1.165, 1.54) is 28.3 Å². The summed E-state index contributed by atoms with van der Waals surface area (Å²) in [6.45, 7) is 6.37. The number of hydrogen-bond acceptors (Lipinski definition) is 5. The Hall–Kier alpha value is -5.68. The first-order chi connectivity index (χ1) is 25.8. The molecule has 5 nitrogen and oxygen atoms in total. The molecule has 0 unspecified atom stereocenters. The van der Waals surface area contributed by atoms with Crippen LogP contribution in [0, 0.1) is 31.5 Å². The largest absolute Gasteiger partial charge is 0.501 e. The van der Waals surface area contributed by atoms with Gasteiger partial charge in [0.1, 0.15) is 0 Å². The fraction of sp³-hybridized carbons (Fsp3) is 0.0851. The molecule has 0 spiro atoms. The number of hydrogen-bond donors (Lipinski definition) is 0. The molecule has 265 valence electrons. The average molecular weight is 865 g/mol. The Bertz CT molecular complexity index is 2020. The van der Waals surface area contributed by atoms with Crippen molar-refractivity contribution in [3.05, 3.63) is 202 Å². The van der Waals surface area contributed by atoms with Gasteiger partial charge in [0.2, 0.25) is 0 Å². The van der Waals surface area contributed by atoms with Crippen LogP contribution in [0.4, 0.5) is 34.1 Å². The third-order valence-corrected chi connectivity index (χ3v) is 9.22. The summed E-state index contributed by atoms with van der Waals surface area (Å²) in [6, 6.07) is 65.7. The van der Waals surface area contributed by atoms with E-state index in [0.29, 0.717) is 0 Å². The second kappa shape index (κ2) is 17.2. The van der Waals surface area contributed by atoms with Crippen LogP contribution in [0.3, 0.4) is 0 Å². The van der Waals surface area contributed by atoms with Crippen LogP contribution in [0.2, 0.25) is 0 Å². The van der Waals surface area contributed by atoms with Crippen LogP contribution in [0.5, 0.6) is 0 Å². The van der Waals surface area contributed by atoms with Crippen molar-refractivity contribution < 1.29 is 20.1 Å². The van der Waals surface area contributed by atoms with Gasteiger partial charge in [-0.2, -0.15) is 74.0 Å². The maximum atomic E-state index is 4.49. The molecule has 3 heterocycles. The second-order valence-electron chi connectivity index (χ2n) is 12.6. The summed E-state index contributed by atoms with van der Waals surface area (Å²) in [5, 5.41) is 0. The van der Waals surface area contributed by atoms with Crippen LogP contribution in [-0.2, 0) is 20.1 Å². The van der Waals surface area contributed by atoms with Crippen molar-refractivity contribution in [2.75, 3.05) is 32.7 Å². The minimum absolute atomic E-state index is 0. The molecule has 0 N–H and O–H groups in total. The average Bonchev–Trinajstić information content (AvgIpc) is 3.80. The first-order valence-electron chi connectivity index (χ1n) is 17.7. The Balaban J connectivity index is 0.000000194. The molecule has 2 aliphatic heterocycles. The zero-order valence-corrected chi connectivity index (χ0v) is 31.6. The smallest absolute Gasteiger partial charge is 0.0326 e. The van der Waals surface area contributed by atoms with Gasteiger partial charge in [0, 0.05) is 49.1 Å². The predicted molar refractivity (Wildman–Crippen MR) is 214 cm³/mol. The Kier molecular flexibility index (Phi) is 11.6. The number of rotatable bonds is 9. The quantitative estimate of drug-likeness (QED) is 0.106. The zero-order chi connectivity index (χ0) is 35.0. The molecule has 0 bridgehead atoms. The number of anilines is 6. The van der Waals surface area contributed by atoms with E-state index in [1.807, 2.05) is 79.0 Å². The van der Waals surface area contributed by atoms with Crippen LogP contribution >= 0.6 is 0 Å². The summed E-state index contributed by atoms with van der Waals surface area (Å²) in [5.41, 5.74) is 11.4. The van der Waals surface area contributed by atoms with Crippen LogP contribution < -0.4 is 19.6 Å². The van der Waals surface area contributed by atoms with Gasteiger partial charge in [0.15, 0.2) is 0 Å². The van der Waals surface area contributed by atoms with Crippen LogP contribution in [0.1, 0.15) is 12.8 Å². The van der Waals surface area contributed by atoms with Gasteiger partial charge >= 0.3 is 0 Å². The molecule has 1 aromatic heterocycles. The monoisotopic (exact) mass is 865 g/mol. The second-order valence-corrected chi connectivity index (χ2v) is 12.6. The number of unbranched alkanes of at least 4 members (excludes halogenated alkanes) is 1. The summed E-state index contributed by atoms with van der Waals surface area (Å²) in [4.78, 5) is 13.7. The van der Waals surface area contributed by atoms with Crippen molar-refractivity contribution in [1.29, 1.82) is 0 Å². The van der Waals surface area contributed by atoms with Crippen molar-refractivity contribution in [3.8, 4) is 22.4 Å². The molecular weight excluding hydrogens is 827 g/mol. The van der Waals surface area contributed by atoms with Gasteiger partial charge in [-0.05, 0) is 73.1 Å². The molecule has 9 rings (SSSR count). The van der Waals surface area contributed by atoms with E-state index in [1.54, 1.807) is 0 Å². The number of para-hydroxylation sites is 6. The number of fused-ring (bicyclic) bond motifs is 2. The summed E-state index contributed by atoms with van der Waals surface area (Å²) in [6.07, 6.45) is 4.02. The maximum absolute atomic E-state index is 4.49. The minimum atomic E-state index is 0. The van der Waals surface area contributed by atoms with Gasteiger partial charge in [-0.15, -0.1) is 47.3 Å². The molecule has 6 heteroatoms. The third kappa shape index (κ3) is 8.05. The minimum Gasteiger partial charge on any atom is -0.501 e. The molecule has 7 aromatic rings. The standard InChI is InChI=1S/C30H26N4.C17H12N.Ir/c1-3-13-25(14-4-1)33-23-31(27-17-7-9-19-29(27)33)21-11-12-22-32-24-34(26-15-5-2-6-16-26)30-20-10-8-18-28(30)32;1-3-8-14(9-4-1)16-12-7-13-18-17(16)15-10-5-2-6-11-15;/h1-10,13,15,17-20,23-24H,11-12,21-22H2;1-10,12-13H;/q-4;-1;. The maximum Gasteiger partial charge on any atom is 0.0326 e. The normalized spacial score (nSPS) is 12.8. The number of aromatic nitrogens is 1. The van der Waals surface area contributed by atoms with Gasteiger partial charge in [0.05, 0.1) is 0 Å². The van der Waals surface area contributed by atoms with E-state index >= 15 is 0 Å². The van der Waals surface area contributed by atoms with E-state index in [4.69, 9.17) is 0 Å². The van der Waals surface area contributed by atoms with Gasteiger partial charge in [0.25, 0.3) is 0 Å². The van der Waals surface area contributed by atoms with Crippen LogP contribution in [-0.4, -0.2) is 18.1 Å². The van der Waals surface area contributed by atoms with Crippen molar-refractivity contribution in [2.24, 2.45) is 0 Å². The molecule has 0 fully saturated rings. The van der Waals surface area contributed by atoms with E-state index in [2.05, 4.69) is 147 Å². The first-order valence-corrected chi connectivity index (χ1v) is 17.7. The van der Waals surface area contributed by atoms with E-state index in [0.717, 1.165) is 54.1 Å². The van der Waals surface area contributed by atoms with E-state index in [-0.39, 0.29) is 20.1 Å². The topological polar surface area (TPSA) is 25.9 Å². The number of pyridine rings is 1. The third-order valence-electron chi connectivity index (χ3n) is 9.22. The number of benzene rings is 6.